The molecule has 1 rings (SSSR count). The van der Waals surface area contributed by atoms with Gasteiger partial charge >= 0.3 is 0 Å². The summed E-state index contributed by atoms with van der Waals surface area (Å²) in [6, 6.07) is 6.79. The molecule has 0 aliphatic heterocycles. The lowest BCUT2D eigenvalue weighted by atomic mass is 10.0. The van der Waals surface area contributed by atoms with Gasteiger partial charge in [0.05, 0.1) is 5.56 Å². The van der Waals surface area contributed by atoms with E-state index in [1.165, 1.54) is 6.07 Å². The van der Waals surface area contributed by atoms with E-state index in [0.29, 0.717) is 17.9 Å². The smallest absolute Gasteiger partial charge is 0.144 e. The molecule has 0 aliphatic rings. The first-order valence-corrected chi connectivity index (χ1v) is 4.32. The molecule has 0 spiro atoms. The van der Waals surface area contributed by atoms with Crippen LogP contribution in [0.2, 0.25) is 0 Å². The lowest BCUT2D eigenvalue weighted by Gasteiger charge is -2.06. The van der Waals surface area contributed by atoms with Crippen LogP contribution < -0.4 is 0 Å². The van der Waals surface area contributed by atoms with Crippen molar-refractivity contribution in [3.8, 4) is 6.07 Å². The molecular formula is C11H12FN. The van der Waals surface area contributed by atoms with Crippen molar-refractivity contribution in [3.05, 3.63) is 35.1 Å². The number of hydrogen-bond acceptors (Lipinski definition) is 1. The van der Waals surface area contributed by atoms with Gasteiger partial charge in [-0.2, -0.15) is 5.26 Å². The van der Waals surface area contributed by atoms with Crippen LogP contribution >= 0.6 is 0 Å². The van der Waals surface area contributed by atoms with Crippen molar-refractivity contribution in [1.82, 2.24) is 0 Å². The van der Waals surface area contributed by atoms with E-state index < -0.39 is 0 Å². The molecule has 68 valence electrons. The topological polar surface area (TPSA) is 23.8 Å². The molecule has 1 nitrogen and oxygen atoms in total. The minimum absolute atomic E-state index is 0.137. The predicted octanol–water partition coefficient (Wildman–Crippen LogP) is 2.90. The Balaban J connectivity index is 3.03. The van der Waals surface area contributed by atoms with Crippen LogP contribution in [0.5, 0.6) is 0 Å². The van der Waals surface area contributed by atoms with E-state index in [2.05, 4.69) is 0 Å². The number of halogens is 1. The Kier molecular flexibility index (Phi) is 3.02. The summed E-state index contributed by atoms with van der Waals surface area (Å²) in [7, 11) is 0. The fourth-order valence-electron chi connectivity index (χ4n) is 1.26. The van der Waals surface area contributed by atoms with Gasteiger partial charge < -0.3 is 0 Å². The first kappa shape index (κ1) is 9.73. The SMILES string of the molecule is CC(C)Cc1cccc(C#N)c1F. The molecule has 13 heavy (non-hydrogen) atoms. The summed E-state index contributed by atoms with van der Waals surface area (Å²) in [4.78, 5) is 0. The van der Waals surface area contributed by atoms with Gasteiger partial charge in [-0.1, -0.05) is 26.0 Å². The number of rotatable bonds is 2. The van der Waals surface area contributed by atoms with Gasteiger partial charge in [0.15, 0.2) is 0 Å². The van der Waals surface area contributed by atoms with Gasteiger partial charge in [-0.15, -0.1) is 0 Å². The molecule has 0 N–H and O–H groups in total. The summed E-state index contributed by atoms with van der Waals surface area (Å²) >= 11 is 0. The second-order valence-corrected chi connectivity index (χ2v) is 3.49. The summed E-state index contributed by atoms with van der Waals surface area (Å²) in [5, 5.41) is 8.59. The minimum atomic E-state index is -0.362. The molecule has 0 unspecified atom stereocenters. The Hall–Kier alpha value is -1.36. The second kappa shape index (κ2) is 4.04. The van der Waals surface area contributed by atoms with Gasteiger partial charge in [0, 0.05) is 0 Å². The van der Waals surface area contributed by atoms with E-state index in [9.17, 15) is 4.39 Å². The third kappa shape index (κ3) is 2.29. The predicted molar refractivity (Wildman–Crippen MR) is 49.7 cm³/mol. The maximum Gasteiger partial charge on any atom is 0.144 e. The lowest BCUT2D eigenvalue weighted by molar-refractivity contribution is 0.571. The molecule has 0 saturated carbocycles. The molecule has 0 atom stereocenters. The summed E-state index contributed by atoms with van der Waals surface area (Å²) < 4.78 is 13.4. The van der Waals surface area contributed by atoms with Crippen molar-refractivity contribution in [2.24, 2.45) is 5.92 Å². The van der Waals surface area contributed by atoms with E-state index >= 15 is 0 Å². The molecule has 0 heterocycles. The third-order valence-corrected chi connectivity index (χ3v) is 1.83. The maximum atomic E-state index is 13.4. The highest BCUT2D eigenvalue weighted by molar-refractivity contribution is 5.35. The molecule has 0 fully saturated rings. The Labute approximate surface area is 77.8 Å². The Bertz CT molecular complexity index is 336. The number of hydrogen-bond donors (Lipinski definition) is 0. The Morgan fingerprint density at radius 1 is 1.46 bits per heavy atom. The molecule has 0 bridgehead atoms. The highest BCUT2D eigenvalue weighted by atomic mass is 19.1. The van der Waals surface area contributed by atoms with Gasteiger partial charge in [0.1, 0.15) is 11.9 Å². The number of benzene rings is 1. The quantitative estimate of drug-likeness (QED) is 0.681. The summed E-state index contributed by atoms with van der Waals surface area (Å²) in [6.07, 6.45) is 0.682. The highest BCUT2D eigenvalue weighted by Crippen LogP contribution is 2.15. The van der Waals surface area contributed by atoms with Crippen molar-refractivity contribution in [3.63, 3.8) is 0 Å². The molecule has 0 amide bonds. The largest absolute Gasteiger partial charge is 0.205 e. The zero-order valence-corrected chi connectivity index (χ0v) is 7.84. The Morgan fingerprint density at radius 3 is 2.69 bits per heavy atom. The second-order valence-electron chi connectivity index (χ2n) is 3.49. The average Bonchev–Trinajstić information content (AvgIpc) is 2.08. The van der Waals surface area contributed by atoms with Crippen LogP contribution in [0.3, 0.4) is 0 Å². The molecule has 0 aromatic heterocycles. The van der Waals surface area contributed by atoms with Crippen molar-refractivity contribution in [2.75, 3.05) is 0 Å². The fourth-order valence-corrected chi connectivity index (χ4v) is 1.26. The molecule has 1 aromatic rings. The summed E-state index contributed by atoms with van der Waals surface area (Å²) in [6.45, 7) is 4.05. The summed E-state index contributed by atoms with van der Waals surface area (Å²) in [5.41, 5.74) is 0.771. The van der Waals surface area contributed by atoms with Crippen LogP contribution in [-0.4, -0.2) is 0 Å². The van der Waals surface area contributed by atoms with Crippen LogP contribution in [-0.2, 0) is 6.42 Å². The van der Waals surface area contributed by atoms with Crippen LogP contribution in [0.1, 0.15) is 25.0 Å². The summed E-state index contributed by atoms with van der Waals surface area (Å²) in [5.74, 6) is 0.0437. The van der Waals surface area contributed by atoms with Crippen LogP contribution in [0.25, 0.3) is 0 Å². The zero-order chi connectivity index (χ0) is 9.84. The highest BCUT2D eigenvalue weighted by Gasteiger charge is 2.08. The van der Waals surface area contributed by atoms with E-state index in [4.69, 9.17) is 5.26 Å². The maximum absolute atomic E-state index is 13.4. The van der Waals surface area contributed by atoms with Crippen molar-refractivity contribution in [1.29, 1.82) is 5.26 Å². The van der Waals surface area contributed by atoms with Gasteiger partial charge in [-0.25, -0.2) is 4.39 Å². The lowest BCUT2D eigenvalue weighted by Crippen LogP contribution is -1.99. The van der Waals surface area contributed by atoms with Crippen molar-refractivity contribution >= 4 is 0 Å². The zero-order valence-electron chi connectivity index (χ0n) is 7.84. The van der Waals surface area contributed by atoms with Crippen LogP contribution in [0.15, 0.2) is 18.2 Å². The minimum Gasteiger partial charge on any atom is -0.205 e. The molecule has 1 aromatic carbocycles. The van der Waals surface area contributed by atoms with Gasteiger partial charge in [0.2, 0.25) is 0 Å². The van der Waals surface area contributed by atoms with Gasteiger partial charge in [-0.3, -0.25) is 0 Å². The van der Waals surface area contributed by atoms with Gasteiger partial charge in [0.25, 0.3) is 0 Å². The standard InChI is InChI=1S/C11H12FN/c1-8(2)6-9-4-3-5-10(7-13)11(9)12/h3-5,8H,6H2,1-2H3. The monoisotopic (exact) mass is 177 g/mol. The molecular weight excluding hydrogens is 165 g/mol. The third-order valence-electron chi connectivity index (χ3n) is 1.83. The number of nitriles is 1. The van der Waals surface area contributed by atoms with E-state index in [-0.39, 0.29) is 11.4 Å². The average molecular weight is 177 g/mol. The molecule has 0 radical (unpaired) electrons. The Morgan fingerprint density at radius 2 is 2.15 bits per heavy atom. The van der Waals surface area contributed by atoms with Crippen LogP contribution in [0, 0.1) is 23.1 Å². The molecule has 0 saturated heterocycles. The number of nitrogens with zero attached hydrogens (tertiary/aromatic N) is 1. The van der Waals surface area contributed by atoms with E-state index in [1.807, 2.05) is 19.9 Å². The van der Waals surface area contributed by atoms with E-state index in [0.717, 1.165) is 0 Å². The van der Waals surface area contributed by atoms with Crippen molar-refractivity contribution in [2.45, 2.75) is 20.3 Å². The van der Waals surface area contributed by atoms with Crippen molar-refractivity contribution < 1.29 is 4.39 Å². The van der Waals surface area contributed by atoms with Gasteiger partial charge in [-0.05, 0) is 24.0 Å². The normalized spacial score (nSPS) is 10.1. The molecule has 0 aliphatic carbocycles. The first-order chi connectivity index (χ1) is 6.15. The fraction of sp³-hybridized carbons (Fsp3) is 0.364. The first-order valence-electron chi connectivity index (χ1n) is 4.32. The van der Waals surface area contributed by atoms with Crippen LogP contribution in [0.4, 0.5) is 4.39 Å². The van der Waals surface area contributed by atoms with E-state index in [1.54, 1.807) is 12.1 Å². The molecule has 2 heteroatoms.